The van der Waals surface area contributed by atoms with Crippen LogP contribution in [0.25, 0.3) is 10.2 Å². The molecule has 0 amide bonds. The third-order valence-corrected chi connectivity index (χ3v) is 5.82. The fraction of sp³-hybridized carbons (Fsp3) is 0.333. The summed E-state index contributed by atoms with van der Waals surface area (Å²) in [6.07, 6.45) is 1.46. The molecule has 0 saturated carbocycles. The van der Waals surface area contributed by atoms with Gasteiger partial charge in [0.05, 0.1) is 5.39 Å². The van der Waals surface area contributed by atoms with E-state index in [4.69, 9.17) is 10.8 Å². The molecule has 0 bridgehead atoms. The van der Waals surface area contributed by atoms with Crippen LogP contribution < -0.4 is 11.4 Å². The predicted octanol–water partition coefficient (Wildman–Crippen LogP) is 2.14. The lowest BCUT2D eigenvalue weighted by molar-refractivity contribution is 0.272. The Labute approximate surface area is 144 Å². The average molecular weight is 340 g/mol. The largest absolute Gasteiger partial charge is 0.335 e. The molecule has 2 aromatic heterocycles. The zero-order chi connectivity index (χ0) is 16.7. The first kappa shape index (κ1) is 15.4. The Kier molecular flexibility index (Phi) is 3.86. The number of hydrogen-bond donors (Lipinski definition) is 1. The van der Waals surface area contributed by atoms with Crippen LogP contribution in [0, 0.1) is 0 Å². The number of nitrogens with zero attached hydrogens (tertiary/aromatic N) is 3. The summed E-state index contributed by atoms with van der Waals surface area (Å²) in [5.41, 5.74) is 2.14. The van der Waals surface area contributed by atoms with Crippen molar-refractivity contribution in [3.05, 3.63) is 62.5 Å². The average Bonchev–Trinajstić information content (AvgIpc) is 2.97. The number of nitrogens with two attached hydrogens (primary N) is 1. The number of aromatic nitrogens is 2. The Morgan fingerprint density at radius 3 is 2.83 bits per heavy atom. The van der Waals surface area contributed by atoms with Gasteiger partial charge in [-0.25, -0.2) is 9.66 Å². The van der Waals surface area contributed by atoms with Gasteiger partial charge in [0.2, 0.25) is 0 Å². The Morgan fingerprint density at radius 1 is 1.29 bits per heavy atom. The van der Waals surface area contributed by atoms with Crippen LogP contribution in [0.4, 0.5) is 0 Å². The molecule has 1 aromatic carbocycles. The standard InChI is InChI=1S/C18H20N4OS/c1-2-21-9-8-13-14(11-21)24-17-16(13)18(23)22(19)15(20-17)10-12-6-4-3-5-7-12/h3-7H,2,8-11,19H2,1H3. The van der Waals surface area contributed by atoms with E-state index in [2.05, 4.69) is 11.8 Å². The van der Waals surface area contributed by atoms with Crippen molar-refractivity contribution in [1.29, 1.82) is 0 Å². The quantitative estimate of drug-likeness (QED) is 0.742. The third-order valence-electron chi connectivity index (χ3n) is 4.71. The maximum absolute atomic E-state index is 12.8. The fourth-order valence-corrected chi connectivity index (χ4v) is 4.59. The summed E-state index contributed by atoms with van der Waals surface area (Å²) in [5.74, 6) is 6.69. The van der Waals surface area contributed by atoms with E-state index in [1.165, 1.54) is 9.55 Å². The Balaban J connectivity index is 1.81. The highest BCUT2D eigenvalue weighted by Gasteiger charge is 2.24. The van der Waals surface area contributed by atoms with Crippen molar-refractivity contribution in [2.75, 3.05) is 18.9 Å². The second-order valence-corrected chi connectivity index (χ2v) is 7.25. The lowest BCUT2D eigenvalue weighted by Gasteiger charge is -2.24. The van der Waals surface area contributed by atoms with Crippen molar-refractivity contribution in [2.45, 2.75) is 26.3 Å². The van der Waals surface area contributed by atoms with E-state index in [-0.39, 0.29) is 5.56 Å². The minimum atomic E-state index is -0.117. The van der Waals surface area contributed by atoms with Crippen LogP contribution in [0.5, 0.6) is 0 Å². The monoisotopic (exact) mass is 340 g/mol. The topological polar surface area (TPSA) is 64.2 Å². The molecule has 3 heterocycles. The van der Waals surface area contributed by atoms with Gasteiger partial charge in [-0.2, -0.15) is 0 Å². The normalized spacial score (nSPS) is 14.9. The van der Waals surface area contributed by atoms with Gasteiger partial charge in [-0.05, 0) is 24.1 Å². The van der Waals surface area contributed by atoms with E-state index in [1.807, 2.05) is 30.3 Å². The van der Waals surface area contributed by atoms with Crippen molar-refractivity contribution in [1.82, 2.24) is 14.6 Å². The first-order valence-electron chi connectivity index (χ1n) is 8.25. The smallest absolute Gasteiger partial charge is 0.280 e. The molecule has 0 saturated heterocycles. The van der Waals surface area contributed by atoms with Gasteiger partial charge in [0.25, 0.3) is 5.56 Å². The molecule has 4 rings (SSSR count). The highest BCUT2D eigenvalue weighted by Crippen LogP contribution is 2.32. The van der Waals surface area contributed by atoms with Crippen molar-refractivity contribution in [3.8, 4) is 0 Å². The van der Waals surface area contributed by atoms with Crippen molar-refractivity contribution >= 4 is 21.6 Å². The summed E-state index contributed by atoms with van der Waals surface area (Å²) in [4.78, 5) is 22.0. The number of hydrogen-bond acceptors (Lipinski definition) is 5. The molecule has 1 aliphatic rings. The van der Waals surface area contributed by atoms with Gasteiger partial charge >= 0.3 is 0 Å². The van der Waals surface area contributed by atoms with Gasteiger partial charge in [0.15, 0.2) is 0 Å². The highest BCUT2D eigenvalue weighted by atomic mass is 32.1. The molecule has 0 fully saturated rings. The van der Waals surface area contributed by atoms with Crippen LogP contribution >= 0.6 is 11.3 Å². The van der Waals surface area contributed by atoms with E-state index in [1.54, 1.807) is 11.3 Å². The fourth-order valence-electron chi connectivity index (χ4n) is 3.32. The molecule has 0 atom stereocenters. The summed E-state index contributed by atoms with van der Waals surface area (Å²) in [6.45, 7) is 5.10. The summed E-state index contributed by atoms with van der Waals surface area (Å²) >= 11 is 1.64. The van der Waals surface area contributed by atoms with Crippen LogP contribution in [0.3, 0.4) is 0 Å². The number of thiophene rings is 1. The molecule has 0 spiro atoms. The van der Waals surface area contributed by atoms with E-state index in [0.29, 0.717) is 12.2 Å². The van der Waals surface area contributed by atoms with Crippen LogP contribution in [0.1, 0.15) is 28.8 Å². The van der Waals surface area contributed by atoms with Crippen LogP contribution in [0.2, 0.25) is 0 Å². The molecule has 0 unspecified atom stereocenters. The molecule has 2 N–H and O–H groups in total. The highest BCUT2D eigenvalue weighted by molar-refractivity contribution is 7.18. The Hall–Kier alpha value is -2.18. The van der Waals surface area contributed by atoms with Gasteiger partial charge in [-0.3, -0.25) is 9.69 Å². The summed E-state index contributed by atoms with van der Waals surface area (Å²) in [5, 5.41) is 0.727. The van der Waals surface area contributed by atoms with E-state index in [0.717, 1.165) is 47.4 Å². The summed E-state index contributed by atoms with van der Waals surface area (Å²) in [6, 6.07) is 9.98. The molecule has 5 nitrogen and oxygen atoms in total. The molecule has 124 valence electrons. The molecule has 1 aliphatic heterocycles. The lowest BCUT2D eigenvalue weighted by atomic mass is 10.1. The molecular formula is C18H20N4OS. The van der Waals surface area contributed by atoms with Gasteiger partial charge in [0.1, 0.15) is 10.7 Å². The number of likely N-dealkylation sites (N-methyl/N-ethyl adjacent to an activating group) is 1. The predicted molar refractivity (Wildman–Crippen MR) is 97.9 cm³/mol. The van der Waals surface area contributed by atoms with E-state index in [9.17, 15) is 4.79 Å². The second-order valence-electron chi connectivity index (χ2n) is 6.17. The Bertz CT molecular complexity index is 945. The molecule has 0 radical (unpaired) electrons. The van der Waals surface area contributed by atoms with Gasteiger partial charge in [0, 0.05) is 24.4 Å². The van der Waals surface area contributed by atoms with Crippen LogP contribution in [-0.4, -0.2) is 27.6 Å². The molecule has 6 heteroatoms. The number of rotatable bonds is 3. The number of fused-ring (bicyclic) bond motifs is 3. The maximum atomic E-state index is 12.8. The zero-order valence-electron chi connectivity index (χ0n) is 13.7. The summed E-state index contributed by atoms with van der Waals surface area (Å²) < 4.78 is 1.23. The zero-order valence-corrected chi connectivity index (χ0v) is 14.5. The molecule has 3 aromatic rings. The van der Waals surface area contributed by atoms with Crippen LogP contribution in [-0.2, 0) is 19.4 Å². The maximum Gasteiger partial charge on any atom is 0.280 e. The van der Waals surface area contributed by atoms with Gasteiger partial charge in [-0.15, -0.1) is 11.3 Å². The first-order valence-corrected chi connectivity index (χ1v) is 9.06. The third kappa shape index (κ3) is 2.52. The first-order chi connectivity index (χ1) is 11.7. The SMILES string of the molecule is CCN1CCc2c(sc3nc(Cc4ccccc4)n(N)c(=O)c23)C1. The Morgan fingerprint density at radius 2 is 2.08 bits per heavy atom. The molecule has 0 aliphatic carbocycles. The summed E-state index contributed by atoms with van der Waals surface area (Å²) in [7, 11) is 0. The molecular weight excluding hydrogens is 320 g/mol. The minimum absolute atomic E-state index is 0.117. The molecule has 24 heavy (non-hydrogen) atoms. The lowest BCUT2D eigenvalue weighted by Crippen LogP contribution is -2.33. The van der Waals surface area contributed by atoms with Crippen molar-refractivity contribution in [3.63, 3.8) is 0 Å². The van der Waals surface area contributed by atoms with Crippen molar-refractivity contribution in [2.24, 2.45) is 0 Å². The van der Waals surface area contributed by atoms with E-state index >= 15 is 0 Å². The number of nitrogen functional groups attached to an aromatic ring is 1. The van der Waals surface area contributed by atoms with Gasteiger partial charge in [-0.1, -0.05) is 37.3 Å². The van der Waals surface area contributed by atoms with E-state index < -0.39 is 0 Å². The van der Waals surface area contributed by atoms with Crippen LogP contribution in [0.15, 0.2) is 35.1 Å². The van der Waals surface area contributed by atoms with Crippen molar-refractivity contribution < 1.29 is 0 Å². The number of benzene rings is 1. The van der Waals surface area contributed by atoms with Gasteiger partial charge < -0.3 is 5.84 Å². The second kappa shape index (κ2) is 6.03. The minimum Gasteiger partial charge on any atom is -0.335 e.